The summed E-state index contributed by atoms with van der Waals surface area (Å²) in [7, 11) is 3.08. The summed E-state index contributed by atoms with van der Waals surface area (Å²) in [5, 5.41) is 14.2. The minimum absolute atomic E-state index is 0.322. The van der Waals surface area contributed by atoms with Crippen LogP contribution in [0.15, 0.2) is 90.3 Å². The standard InChI is InChI=1S/C29H26ClN5O4/c1-17-24(29(37)34-20-14-12-18(30)13-15-20)25(21-10-7-11-23(38-2)26(21)39-3)35-27(32-17)22(16-31-35)28(36)33-19-8-5-4-6-9-19/h4-16,25,32H,1-3H3,(H,33,36)(H,34,37). The third-order valence-electron chi connectivity index (χ3n) is 6.37. The number of fused-ring (bicyclic) bond motifs is 1. The molecular formula is C29H26ClN5O4. The van der Waals surface area contributed by atoms with Gasteiger partial charge in [0.1, 0.15) is 17.4 Å². The van der Waals surface area contributed by atoms with Crippen molar-refractivity contribution in [3.05, 3.63) is 106 Å². The highest BCUT2D eigenvalue weighted by Gasteiger charge is 2.37. The van der Waals surface area contributed by atoms with Gasteiger partial charge in [0.2, 0.25) is 0 Å². The number of carbonyl (C=O) groups excluding carboxylic acids is 2. The Morgan fingerprint density at radius 3 is 2.28 bits per heavy atom. The number of methoxy groups -OCH3 is 2. The number of rotatable bonds is 7. The molecule has 10 heteroatoms. The first kappa shape index (κ1) is 25.9. The summed E-state index contributed by atoms with van der Waals surface area (Å²) in [6, 6.07) is 20.7. The van der Waals surface area contributed by atoms with Gasteiger partial charge in [0.05, 0.1) is 26.0 Å². The van der Waals surface area contributed by atoms with E-state index in [1.165, 1.54) is 13.3 Å². The summed E-state index contributed by atoms with van der Waals surface area (Å²) in [6.45, 7) is 1.78. The van der Waals surface area contributed by atoms with Gasteiger partial charge in [-0.05, 0) is 49.4 Å². The third kappa shape index (κ3) is 5.04. The van der Waals surface area contributed by atoms with E-state index in [4.69, 9.17) is 21.1 Å². The number of benzene rings is 3. The monoisotopic (exact) mass is 543 g/mol. The van der Waals surface area contributed by atoms with Gasteiger partial charge in [-0.3, -0.25) is 9.59 Å². The van der Waals surface area contributed by atoms with Crippen LogP contribution in [0.4, 0.5) is 17.2 Å². The number of hydrogen-bond donors (Lipinski definition) is 3. The van der Waals surface area contributed by atoms with Crippen molar-refractivity contribution in [1.29, 1.82) is 0 Å². The molecule has 1 aliphatic rings. The molecule has 2 amide bonds. The molecule has 0 saturated heterocycles. The van der Waals surface area contributed by atoms with Crippen molar-refractivity contribution in [2.24, 2.45) is 0 Å². The van der Waals surface area contributed by atoms with E-state index in [0.29, 0.717) is 56.1 Å². The highest BCUT2D eigenvalue weighted by molar-refractivity contribution is 6.30. The number of nitrogens with zero attached hydrogens (tertiary/aromatic N) is 2. The first-order valence-electron chi connectivity index (χ1n) is 12.1. The van der Waals surface area contributed by atoms with Crippen LogP contribution < -0.4 is 25.4 Å². The van der Waals surface area contributed by atoms with Crippen LogP contribution in [0.3, 0.4) is 0 Å². The molecular weight excluding hydrogens is 518 g/mol. The smallest absolute Gasteiger partial charge is 0.261 e. The van der Waals surface area contributed by atoms with Crippen molar-refractivity contribution in [1.82, 2.24) is 9.78 Å². The number of allylic oxidation sites excluding steroid dienone is 1. The first-order valence-corrected chi connectivity index (χ1v) is 12.5. The summed E-state index contributed by atoms with van der Waals surface area (Å²) in [6.07, 6.45) is 1.48. The topological polar surface area (TPSA) is 107 Å². The zero-order valence-corrected chi connectivity index (χ0v) is 22.2. The molecule has 1 aromatic heterocycles. The quantitative estimate of drug-likeness (QED) is 0.275. The fourth-order valence-electron chi connectivity index (χ4n) is 4.58. The lowest BCUT2D eigenvalue weighted by Crippen LogP contribution is -2.32. The molecule has 1 atom stereocenters. The molecule has 0 fully saturated rings. The molecule has 2 heterocycles. The number of halogens is 1. The number of amides is 2. The van der Waals surface area contributed by atoms with Crippen molar-refractivity contribution in [3.8, 4) is 11.5 Å². The predicted molar refractivity (Wildman–Crippen MR) is 151 cm³/mol. The number of aromatic nitrogens is 2. The molecule has 0 bridgehead atoms. The predicted octanol–water partition coefficient (Wildman–Crippen LogP) is 5.73. The lowest BCUT2D eigenvalue weighted by atomic mass is 9.93. The van der Waals surface area contributed by atoms with E-state index >= 15 is 0 Å². The van der Waals surface area contributed by atoms with Crippen LogP contribution in [-0.2, 0) is 4.79 Å². The van der Waals surface area contributed by atoms with E-state index in [1.807, 2.05) is 30.3 Å². The summed E-state index contributed by atoms with van der Waals surface area (Å²) >= 11 is 6.02. The van der Waals surface area contributed by atoms with Crippen molar-refractivity contribution < 1.29 is 19.1 Å². The van der Waals surface area contributed by atoms with Gasteiger partial charge in [-0.1, -0.05) is 41.9 Å². The third-order valence-corrected chi connectivity index (χ3v) is 6.63. The average Bonchev–Trinajstić information content (AvgIpc) is 3.37. The Labute approximate surface area is 230 Å². The maximum absolute atomic E-state index is 13.8. The van der Waals surface area contributed by atoms with E-state index < -0.39 is 6.04 Å². The maximum atomic E-state index is 13.8. The SMILES string of the molecule is COc1cccc(C2C(C(=O)Nc3ccc(Cl)cc3)=C(C)Nc3c(C(=O)Nc4ccccc4)cnn32)c1OC. The number of hydrogen-bond acceptors (Lipinski definition) is 6. The fourth-order valence-corrected chi connectivity index (χ4v) is 4.71. The van der Waals surface area contributed by atoms with Crippen LogP contribution in [0.2, 0.25) is 5.02 Å². The summed E-state index contributed by atoms with van der Waals surface area (Å²) in [4.78, 5) is 27.0. The molecule has 3 aromatic carbocycles. The first-order chi connectivity index (χ1) is 18.9. The average molecular weight is 544 g/mol. The van der Waals surface area contributed by atoms with E-state index in [2.05, 4.69) is 21.0 Å². The van der Waals surface area contributed by atoms with Crippen molar-refractivity contribution in [3.63, 3.8) is 0 Å². The van der Waals surface area contributed by atoms with Crippen LogP contribution in [0.5, 0.6) is 11.5 Å². The molecule has 0 spiro atoms. The molecule has 3 N–H and O–H groups in total. The molecule has 5 rings (SSSR count). The number of para-hydroxylation sites is 2. The molecule has 1 unspecified atom stereocenters. The van der Waals surface area contributed by atoms with Crippen LogP contribution in [0, 0.1) is 0 Å². The Balaban J connectivity index is 1.61. The van der Waals surface area contributed by atoms with Crippen molar-refractivity contribution in [2.75, 3.05) is 30.2 Å². The van der Waals surface area contributed by atoms with E-state index in [1.54, 1.807) is 61.2 Å². The lowest BCUT2D eigenvalue weighted by Gasteiger charge is -2.31. The number of nitrogens with one attached hydrogen (secondary N) is 3. The normalized spacial score (nSPS) is 14.2. The minimum Gasteiger partial charge on any atom is -0.493 e. The van der Waals surface area contributed by atoms with E-state index in [0.717, 1.165) is 0 Å². The molecule has 0 aliphatic carbocycles. The summed E-state index contributed by atoms with van der Waals surface area (Å²) < 4.78 is 12.9. The number of ether oxygens (including phenoxy) is 2. The van der Waals surface area contributed by atoms with Gasteiger partial charge in [0.25, 0.3) is 11.8 Å². The zero-order chi connectivity index (χ0) is 27.5. The van der Waals surface area contributed by atoms with Crippen LogP contribution in [0.1, 0.15) is 28.9 Å². The lowest BCUT2D eigenvalue weighted by molar-refractivity contribution is -0.113. The zero-order valence-electron chi connectivity index (χ0n) is 21.5. The molecule has 39 heavy (non-hydrogen) atoms. The van der Waals surface area contributed by atoms with Crippen LogP contribution in [0.25, 0.3) is 0 Å². The minimum atomic E-state index is -0.739. The fraction of sp³-hybridized carbons (Fsp3) is 0.138. The Kier molecular flexibility index (Phi) is 7.25. The molecule has 198 valence electrons. The molecule has 1 aliphatic heterocycles. The Hall–Kier alpha value is -4.76. The highest BCUT2D eigenvalue weighted by Crippen LogP contribution is 2.44. The Morgan fingerprint density at radius 2 is 1.59 bits per heavy atom. The molecule has 9 nitrogen and oxygen atoms in total. The highest BCUT2D eigenvalue weighted by atomic mass is 35.5. The van der Waals surface area contributed by atoms with Crippen LogP contribution >= 0.6 is 11.6 Å². The van der Waals surface area contributed by atoms with Crippen molar-refractivity contribution in [2.45, 2.75) is 13.0 Å². The summed E-state index contributed by atoms with van der Waals surface area (Å²) in [5.74, 6) is 0.702. The second kappa shape index (κ2) is 10.9. The van der Waals surface area contributed by atoms with Crippen LogP contribution in [-0.4, -0.2) is 35.8 Å². The second-order valence-electron chi connectivity index (χ2n) is 8.78. The van der Waals surface area contributed by atoms with Crippen molar-refractivity contribution >= 4 is 40.6 Å². The van der Waals surface area contributed by atoms with E-state index in [-0.39, 0.29) is 11.8 Å². The van der Waals surface area contributed by atoms with Gasteiger partial charge in [-0.25, -0.2) is 4.68 Å². The number of carbonyl (C=O) groups is 2. The molecule has 0 saturated carbocycles. The van der Waals surface area contributed by atoms with E-state index in [9.17, 15) is 9.59 Å². The maximum Gasteiger partial charge on any atom is 0.261 e. The van der Waals surface area contributed by atoms with Gasteiger partial charge in [-0.2, -0.15) is 5.10 Å². The number of anilines is 3. The molecule has 4 aromatic rings. The van der Waals surface area contributed by atoms with Gasteiger partial charge >= 0.3 is 0 Å². The van der Waals surface area contributed by atoms with Gasteiger partial charge in [-0.15, -0.1) is 0 Å². The Bertz CT molecular complexity index is 1560. The van der Waals surface area contributed by atoms with Gasteiger partial charge < -0.3 is 25.4 Å². The Morgan fingerprint density at radius 1 is 0.897 bits per heavy atom. The summed E-state index contributed by atoms with van der Waals surface area (Å²) in [5.41, 5.74) is 3.13. The van der Waals surface area contributed by atoms with Gasteiger partial charge in [0, 0.05) is 27.7 Å². The largest absolute Gasteiger partial charge is 0.493 e. The molecule has 0 radical (unpaired) electrons. The van der Waals surface area contributed by atoms with Gasteiger partial charge in [0.15, 0.2) is 11.5 Å². The second-order valence-corrected chi connectivity index (χ2v) is 9.22.